The zero-order valence-corrected chi connectivity index (χ0v) is 16.3. The molecule has 1 N–H and O–H groups in total. The van der Waals surface area contributed by atoms with Crippen LogP contribution in [0.4, 0.5) is 5.69 Å². The van der Waals surface area contributed by atoms with Crippen LogP contribution in [0, 0.1) is 6.92 Å². The molecule has 0 aliphatic carbocycles. The number of thioether (sulfide) groups is 1. The molecule has 27 heavy (non-hydrogen) atoms. The van der Waals surface area contributed by atoms with Crippen molar-refractivity contribution in [2.45, 2.75) is 19.1 Å². The number of rotatable bonds is 7. The molecule has 1 aliphatic heterocycles. The largest absolute Gasteiger partial charge is 0.491 e. The minimum absolute atomic E-state index is 0.0157. The summed E-state index contributed by atoms with van der Waals surface area (Å²) < 4.78 is 5.60. The van der Waals surface area contributed by atoms with Crippen molar-refractivity contribution >= 4 is 29.3 Å². The fraction of sp³-hybridized carbons (Fsp3) is 0.333. The lowest BCUT2D eigenvalue weighted by atomic mass is 10.2. The number of para-hydroxylation sites is 2. The zero-order chi connectivity index (χ0) is 19.1. The van der Waals surface area contributed by atoms with Gasteiger partial charge in [0.25, 0.3) is 0 Å². The number of aryl methyl sites for hydroxylation is 1. The number of fused-ring (bicyclic) bond motifs is 1. The topological polar surface area (TPSA) is 58.6 Å². The van der Waals surface area contributed by atoms with E-state index in [1.54, 1.807) is 11.8 Å². The number of nitrogens with zero attached hydrogens (tertiary/aromatic N) is 1. The van der Waals surface area contributed by atoms with Crippen molar-refractivity contribution in [2.75, 3.05) is 30.3 Å². The van der Waals surface area contributed by atoms with E-state index >= 15 is 0 Å². The smallest absolute Gasteiger partial charge is 0.240 e. The molecule has 3 rings (SSSR count). The van der Waals surface area contributed by atoms with Gasteiger partial charge in [0, 0.05) is 18.1 Å². The molecule has 0 fully saturated rings. The van der Waals surface area contributed by atoms with Crippen molar-refractivity contribution in [3.8, 4) is 5.75 Å². The maximum absolute atomic E-state index is 12.3. The Morgan fingerprint density at radius 2 is 1.96 bits per heavy atom. The lowest BCUT2D eigenvalue weighted by Gasteiger charge is -2.21. The van der Waals surface area contributed by atoms with Crippen molar-refractivity contribution in [1.82, 2.24) is 5.32 Å². The molecule has 142 valence electrons. The van der Waals surface area contributed by atoms with Gasteiger partial charge in [-0.25, -0.2) is 0 Å². The Kier molecular flexibility index (Phi) is 6.76. The van der Waals surface area contributed by atoms with Crippen LogP contribution >= 0.6 is 11.8 Å². The van der Waals surface area contributed by atoms with E-state index in [1.165, 1.54) is 16.0 Å². The van der Waals surface area contributed by atoms with Crippen LogP contribution in [-0.2, 0) is 15.3 Å². The summed E-state index contributed by atoms with van der Waals surface area (Å²) in [5, 5.41) is 2.90. The third kappa shape index (κ3) is 5.50. The van der Waals surface area contributed by atoms with Crippen molar-refractivity contribution in [3.63, 3.8) is 0 Å². The highest BCUT2D eigenvalue weighted by Crippen LogP contribution is 2.30. The Hall–Kier alpha value is -2.47. The summed E-state index contributed by atoms with van der Waals surface area (Å²) in [4.78, 5) is 26.1. The third-order valence-corrected chi connectivity index (χ3v) is 5.32. The molecule has 6 heteroatoms. The summed E-state index contributed by atoms with van der Waals surface area (Å²) in [5.41, 5.74) is 3.19. The molecule has 0 bridgehead atoms. The molecule has 0 spiro atoms. The number of hydrogen-bond acceptors (Lipinski definition) is 4. The lowest BCUT2D eigenvalue weighted by Crippen LogP contribution is -2.41. The second kappa shape index (κ2) is 9.46. The molecule has 1 heterocycles. The molecule has 2 aromatic carbocycles. The highest BCUT2D eigenvalue weighted by molar-refractivity contribution is 7.98. The quantitative estimate of drug-likeness (QED) is 0.745. The van der Waals surface area contributed by atoms with Gasteiger partial charge in [0.15, 0.2) is 0 Å². The van der Waals surface area contributed by atoms with Gasteiger partial charge in [-0.05, 0) is 24.6 Å². The highest BCUT2D eigenvalue weighted by Gasteiger charge is 2.24. The molecule has 1 aliphatic rings. The molecule has 0 unspecified atom stereocenters. The molecule has 2 aromatic rings. The summed E-state index contributed by atoms with van der Waals surface area (Å²) >= 11 is 1.78. The molecule has 0 aromatic heterocycles. The van der Waals surface area contributed by atoms with Gasteiger partial charge >= 0.3 is 0 Å². The van der Waals surface area contributed by atoms with Crippen LogP contribution in [0.15, 0.2) is 48.5 Å². The predicted octanol–water partition coefficient (Wildman–Crippen LogP) is 3.16. The van der Waals surface area contributed by atoms with Gasteiger partial charge in [-0.2, -0.15) is 11.8 Å². The fourth-order valence-electron chi connectivity index (χ4n) is 2.83. The molecular weight excluding hydrogens is 360 g/mol. The van der Waals surface area contributed by atoms with Crippen molar-refractivity contribution < 1.29 is 14.3 Å². The van der Waals surface area contributed by atoms with E-state index in [1.807, 2.05) is 24.3 Å². The second-order valence-electron chi connectivity index (χ2n) is 6.43. The van der Waals surface area contributed by atoms with E-state index in [0.29, 0.717) is 24.6 Å². The first kappa shape index (κ1) is 19.3. The standard InChI is InChI=1S/C21H24N2O3S/c1-16-6-8-17(9-7-16)15-27-13-11-22-20(24)14-23-18-4-2-3-5-19(18)26-12-10-21(23)25/h2-9H,10-15H2,1H3,(H,22,24). The number of hydrogen-bond donors (Lipinski definition) is 1. The van der Waals surface area contributed by atoms with Crippen LogP contribution in [0.2, 0.25) is 0 Å². The average Bonchev–Trinajstić information content (AvgIpc) is 2.82. The average molecular weight is 385 g/mol. The van der Waals surface area contributed by atoms with Crippen molar-refractivity contribution in [2.24, 2.45) is 0 Å². The van der Waals surface area contributed by atoms with Gasteiger partial charge in [0.1, 0.15) is 12.3 Å². The van der Waals surface area contributed by atoms with Gasteiger partial charge in [-0.15, -0.1) is 0 Å². The lowest BCUT2D eigenvalue weighted by molar-refractivity contribution is -0.123. The molecule has 0 atom stereocenters. The Morgan fingerprint density at radius 1 is 1.19 bits per heavy atom. The number of ether oxygens (including phenoxy) is 1. The van der Waals surface area contributed by atoms with Crippen LogP contribution in [0.1, 0.15) is 17.5 Å². The maximum Gasteiger partial charge on any atom is 0.240 e. The Balaban J connectivity index is 1.45. The van der Waals surface area contributed by atoms with Gasteiger partial charge in [0.2, 0.25) is 11.8 Å². The van der Waals surface area contributed by atoms with E-state index in [-0.39, 0.29) is 24.8 Å². The van der Waals surface area contributed by atoms with Gasteiger partial charge in [-0.1, -0.05) is 42.0 Å². The van der Waals surface area contributed by atoms with Crippen LogP contribution in [0.25, 0.3) is 0 Å². The van der Waals surface area contributed by atoms with Crippen LogP contribution in [0.5, 0.6) is 5.75 Å². The Morgan fingerprint density at radius 3 is 2.78 bits per heavy atom. The number of anilines is 1. The fourth-order valence-corrected chi connectivity index (χ4v) is 3.65. The maximum atomic E-state index is 12.3. The van der Waals surface area contributed by atoms with Crippen LogP contribution in [0.3, 0.4) is 0 Å². The van der Waals surface area contributed by atoms with Crippen LogP contribution in [-0.4, -0.2) is 37.3 Å². The predicted molar refractivity (Wildman–Crippen MR) is 109 cm³/mol. The van der Waals surface area contributed by atoms with Gasteiger partial charge in [0.05, 0.1) is 18.7 Å². The molecule has 2 amide bonds. The summed E-state index contributed by atoms with van der Waals surface area (Å²) in [6.45, 7) is 3.01. The van der Waals surface area contributed by atoms with E-state index in [9.17, 15) is 9.59 Å². The first-order chi connectivity index (χ1) is 13.1. The monoisotopic (exact) mass is 384 g/mol. The van der Waals surface area contributed by atoms with E-state index in [0.717, 1.165) is 11.5 Å². The number of benzene rings is 2. The highest BCUT2D eigenvalue weighted by atomic mass is 32.2. The minimum atomic E-state index is -0.156. The second-order valence-corrected chi connectivity index (χ2v) is 7.54. The normalized spacial score (nSPS) is 13.5. The summed E-state index contributed by atoms with van der Waals surface area (Å²) in [5.74, 6) is 2.14. The third-order valence-electron chi connectivity index (χ3n) is 4.29. The number of carbonyl (C=O) groups excluding carboxylic acids is 2. The molecule has 5 nitrogen and oxygen atoms in total. The number of carbonyl (C=O) groups is 2. The summed E-state index contributed by atoms with van der Waals surface area (Å²) in [7, 11) is 0. The van der Waals surface area contributed by atoms with E-state index < -0.39 is 0 Å². The molecule has 0 saturated carbocycles. The van der Waals surface area contributed by atoms with Crippen LogP contribution < -0.4 is 15.0 Å². The van der Waals surface area contributed by atoms with E-state index in [4.69, 9.17) is 4.74 Å². The summed E-state index contributed by atoms with van der Waals surface area (Å²) in [6, 6.07) is 15.8. The van der Waals surface area contributed by atoms with Crippen molar-refractivity contribution in [3.05, 3.63) is 59.7 Å². The molecule has 0 saturated heterocycles. The first-order valence-electron chi connectivity index (χ1n) is 9.05. The first-order valence-corrected chi connectivity index (χ1v) is 10.2. The number of amides is 2. The minimum Gasteiger partial charge on any atom is -0.491 e. The molecule has 0 radical (unpaired) electrons. The molecular formula is C21H24N2O3S. The van der Waals surface area contributed by atoms with Gasteiger partial charge in [-0.3, -0.25) is 14.5 Å². The van der Waals surface area contributed by atoms with Crippen molar-refractivity contribution in [1.29, 1.82) is 0 Å². The van der Waals surface area contributed by atoms with E-state index in [2.05, 4.69) is 36.5 Å². The SMILES string of the molecule is Cc1ccc(CSCCNC(=O)CN2C(=O)CCOc3ccccc32)cc1. The Labute approximate surface area is 164 Å². The Bertz CT molecular complexity index is 792. The van der Waals surface area contributed by atoms with Gasteiger partial charge < -0.3 is 10.1 Å². The zero-order valence-electron chi connectivity index (χ0n) is 15.4. The number of nitrogens with one attached hydrogen (secondary N) is 1. The summed E-state index contributed by atoms with van der Waals surface area (Å²) in [6.07, 6.45) is 0.272.